The fraction of sp³-hybridized carbons (Fsp3) is 0.467. The van der Waals surface area contributed by atoms with E-state index in [1.54, 1.807) is 39.8 Å². The molecule has 0 heterocycles. The Bertz CT molecular complexity index is 521. The summed E-state index contributed by atoms with van der Waals surface area (Å²) in [6.45, 7) is 8.97. The first-order valence-corrected chi connectivity index (χ1v) is 6.47. The maximum absolute atomic E-state index is 11.8. The molecule has 0 saturated heterocycles. The van der Waals surface area contributed by atoms with Crippen molar-refractivity contribution in [3.05, 3.63) is 29.3 Å². The van der Waals surface area contributed by atoms with Gasteiger partial charge in [0, 0.05) is 0 Å². The molecule has 1 aromatic rings. The quantitative estimate of drug-likeness (QED) is 0.389. The summed E-state index contributed by atoms with van der Waals surface area (Å²) in [6, 6.07) is 5.37. The number of esters is 1. The Morgan fingerprint density at radius 1 is 1.40 bits per heavy atom. The molecule has 0 fully saturated rings. The molecule has 0 bridgehead atoms. The number of carbonyl (C=O) groups excluding carboxylic acids is 1. The van der Waals surface area contributed by atoms with Crippen molar-refractivity contribution >= 4 is 11.7 Å². The summed E-state index contributed by atoms with van der Waals surface area (Å²) in [5, 5.41) is 11.9. The molecule has 0 saturated carbocycles. The van der Waals surface area contributed by atoms with Crippen molar-refractivity contribution in [2.24, 2.45) is 5.16 Å². The van der Waals surface area contributed by atoms with Crippen LogP contribution in [0.1, 0.15) is 38.8 Å². The largest absolute Gasteiger partial charge is 0.476 e. The monoisotopic (exact) mass is 279 g/mol. The Hall–Kier alpha value is -2.04. The highest BCUT2D eigenvalue weighted by atomic mass is 16.6. The van der Waals surface area contributed by atoms with Gasteiger partial charge in [-0.05, 0) is 63.9 Å². The van der Waals surface area contributed by atoms with Gasteiger partial charge in [0.25, 0.3) is 0 Å². The van der Waals surface area contributed by atoms with Gasteiger partial charge in [-0.2, -0.15) is 0 Å². The summed E-state index contributed by atoms with van der Waals surface area (Å²) in [7, 11) is 0. The van der Waals surface area contributed by atoms with Crippen molar-refractivity contribution in [3.8, 4) is 5.75 Å². The molecular formula is C15H21NO4. The Balaban J connectivity index is 2.96. The highest BCUT2D eigenvalue weighted by molar-refractivity contribution is 5.98. The number of aryl methyl sites for hydroxylation is 1. The third kappa shape index (κ3) is 3.73. The lowest BCUT2D eigenvalue weighted by Crippen LogP contribution is -2.39. The van der Waals surface area contributed by atoms with Crippen molar-refractivity contribution in [1.29, 1.82) is 0 Å². The van der Waals surface area contributed by atoms with Crippen LogP contribution in [0.3, 0.4) is 0 Å². The average Bonchev–Trinajstić information content (AvgIpc) is 2.40. The van der Waals surface area contributed by atoms with Gasteiger partial charge in [-0.1, -0.05) is 5.16 Å². The van der Waals surface area contributed by atoms with Crippen LogP contribution in [0.5, 0.6) is 5.75 Å². The summed E-state index contributed by atoms with van der Waals surface area (Å²) in [5.74, 6) is 0.189. The molecular weight excluding hydrogens is 258 g/mol. The zero-order valence-corrected chi connectivity index (χ0v) is 12.6. The zero-order chi connectivity index (χ0) is 15.3. The van der Waals surface area contributed by atoms with Crippen molar-refractivity contribution in [2.45, 2.75) is 40.2 Å². The Labute approximate surface area is 119 Å². The molecule has 0 aliphatic heterocycles. The summed E-state index contributed by atoms with van der Waals surface area (Å²) < 4.78 is 10.7. The average molecular weight is 279 g/mol. The fourth-order valence-electron chi connectivity index (χ4n) is 1.67. The minimum absolute atomic E-state index is 0.315. The number of hydrogen-bond acceptors (Lipinski definition) is 5. The predicted molar refractivity (Wildman–Crippen MR) is 76.5 cm³/mol. The van der Waals surface area contributed by atoms with Gasteiger partial charge in [0.05, 0.1) is 12.3 Å². The summed E-state index contributed by atoms with van der Waals surface area (Å²) in [4.78, 5) is 11.8. The van der Waals surface area contributed by atoms with Gasteiger partial charge < -0.3 is 14.7 Å². The van der Waals surface area contributed by atoms with Crippen LogP contribution in [0, 0.1) is 6.92 Å². The first-order chi connectivity index (χ1) is 9.31. The number of nitrogens with zero attached hydrogens (tertiary/aromatic N) is 1. The summed E-state index contributed by atoms with van der Waals surface area (Å²) in [6.07, 6.45) is 0. The lowest BCUT2D eigenvalue weighted by atomic mass is 10.1. The lowest BCUT2D eigenvalue weighted by Gasteiger charge is -2.25. The molecule has 5 nitrogen and oxygen atoms in total. The van der Waals surface area contributed by atoms with Crippen molar-refractivity contribution in [1.82, 2.24) is 0 Å². The first kappa shape index (κ1) is 16.0. The van der Waals surface area contributed by atoms with Gasteiger partial charge in [-0.25, -0.2) is 4.79 Å². The third-order valence-corrected chi connectivity index (χ3v) is 2.87. The van der Waals surface area contributed by atoms with Crippen LogP contribution in [0.15, 0.2) is 23.4 Å². The molecule has 1 rings (SSSR count). The zero-order valence-electron chi connectivity index (χ0n) is 12.6. The van der Waals surface area contributed by atoms with Crippen LogP contribution in [-0.2, 0) is 9.53 Å². The lowest BCUT2D eigenvalue weighted by molar-refractivity contribution is -0.158. The smallest absolute Gasteiger partial charge is 0.349 e. The molecule has 0 aliphatic carbocycles. The molecule has 0 atom stereocenters. The molecule has 1 N–H and O–H groups in total. The minimum Gasteiger partial charge on any atom is -0.476 e. The fourth-order valence-corrected chi connectivity index (χ4v) is 1.67. The van der Waals surface area contributed by atoms with E-state index in [1.807, 2.05) is 13.0 Å². The summed E-state index contributed by atoms with van der Waals surface area (Å²) in [5.41, 5.74) is 1.11. The van der Waals surface area contributed by atoms with E-state index in [9.17, 15) is 4.79 Å². The number of carbonyl (C=O) groups is 1. The summed E-state index contributed by atoms with van der Waals surface area (Å²) >= 11 is 0. The molecule has 0 aromatic heterocycles. The van der Waals surface area contributed by atoms with Gasteiger partial charge >= 0.3 is 5.97 Å². The van der Waals surface area contributed by atoms with Gasteiger partial charge in [0.2, 0.25) is 0 Å². The maximum Gasteiger partial charge on any atom is 0.349 e. The van der Waals surface area contributed by atoms with Crippen molar-refractivity contribution < 1.29 is 19.5 Å². The van der Waals surface area contributed by atoms with E-state index in [0.29, 0.717) is 18.1 Å². The first-order valence-electron chi connectivity index (χ1n) is 6.47. The van der Waals surface area contributed by atoms with Crippen LogP contribution in [0.4, 0.5) is 0 Å². The Morgan fingerprint density at radius 2 is 2.05 bits per heavy atom. The number of ether oxygens (including phenoxy) is 2. The van der Waals surface area contributed by atoms with Crippen LogP contribution < -0.4 is 4.74 Å². The van der Waals surface area contributed by atoms with E-state index < -0.39 is 11.6 Å². The van der Waals surface area contributed by atoms with E-state index >= 15 is 0 Å². The van der Waals surface area contributed by atoms with Crippen LogP contribution in [0.25, 0.3) is 0 Å². The predicted octanol–water partition coefficient (Wildman–Crippen LogP) is 2.91. The molecule has 0 spiro atoms. The van der Waals surface area contributed by atoms with Crippen molar-refractivity contribution in [2.75, 3.05) is 6.61 Å². The molecule has 0 aliphatic rings. The van der Waals surface area contributed by atoms with Crippen LogP contribution in [0.2, 0.25) is 0 Å². The second-order valence-corrected chi connectivity index (χ2v) is 5.00. The molecule has 5 heteroatoms. The third-order valence-electron chi connectivity index (χ3n) is 2.87. The molecule has 1 aromatic carbocycles. The molecule has 0 amide bonds. The highest BCUT2D eigenvalue weighted by Gasteiger charge is 2.32. The van der Waals surface area contributed by atoms with Gasteiger partial charge in [0.1, 0.15) is 5.75 Å². The number of rotatable bonds is 5. The maximum atomic E-state index is 11.8. The molecule has 110 valence electrons. The number of oxime groups is 1. The van der Waals surface area contributed by atoms with E-state index in [2.05, 4.69) is 5.16 Å². The topological polar surface area (TPSA) is 68.1 Å². The minimum atomic E-state index is -1.05. The van der Waals surface area contributed by atoms with Crippen LogP contribution in [-0.4, -0.2) is 29.1 Å². The number of benzene rings is 1. The second-order valence-electron chi connectivity index (χ2n) is 5.00. The molecule has 20 heavy (non-hydrogen) atoms. The van der Waals surface area contributed by atoms with Gasteiger partial charge in [-0.3, -0.25) is 0 Å². The van der Waals surface area contributed by atoms with Crippen LogP contribution >= 0.6 is 0 Å². The van der Waals surface area contributed by atoms with E-state index in [1.165, 1.54) is 0 Å². The van der Waals surface area contributed by atoms with Gasteiger partial charge in [0.15, 0.2) is 5.60 Å². The SMILES string of the molecule is CCOC(=O)C(C)(C)Oc1ccc(C(C)=NO)cc1C. The molecule has 0 unspecified atom stereocenters. The Kier molecular flexibility index (Phi) is 5.13. The molecule has 0 radical (unpaired) electrons. The standard InChI is InChI=1S/C15H21NO4/c1-6-19-14(17)15(4,5)20-13-8-7-12(9-10(13)2)11(3)16-18/h7-9,18H,6H2,1-5H3. The highest BCUT2D eigenvalue weighted by Crippen LogP contribution is 2.25. The van der Waals surface area contributed by atoms with Crippen molar-refractivity contribution in [3.63, 3.8) is 0 Å². The van der Waals surface area contributed by atoms with E-state index in [0.717, 1.165) is 11.1 Å². The Morgan fingerprint density at radius 3 is 2.55 bits per heavy atom. The number of hydrogen-bond donors (Lipinski definition) is 1. The second kappa shape index (κ2) is 6.41. The van der Waals surface area contributed by atoms with E-state index in [-0.39, 0.29) is 0 Å². The van der Waals surface area contributed by atoms with Gasteiger partial charge in [-0.15, -0.1) is 0 Å². The normalized spacial score (nSPS) is 12.2. The van der Waals surface area contributed by atoms with E-state index in [4.69, 9.17) is 14.7 Å².